The molecule has 0 unspecified atom stereocenters. The SMILES string of the molecule is CSNCc1ccccc1C(C)C. The summed E-state index contributed by atoms with van der Waals surface area (Å²) in [5.74, 6) is 0.611. The Hall–Kier alpha value is -0.470. The quantitative estimate of drug-likeness (QED) is 0.741. The predicted octanol–water partition coefficient (Wildman–Crippen LogP) is 3.18. The van der Waals surface area contributed by atoms with Gasteiger partial charge >= 0.3 is 0 Å². The van der Waals surface area contributed by atoms with Crippen molar-refractivity contribution in [2.24, 2.45) is 0 Å². The zero-order chi connectivity index (χ0) is 9.68. The average molecular weight is 195 g/mol. The van der Waals surface area contributed by atoms with Gasteiger partial charge in [-0.05, 0) is 23.3 Å². The topological polar surface area (TPSA) is 12.0 Å². The second-order valence-electron chi connectivity index (χ2n) is 3.38. The summed E-state index contributed by atoms with van der Waals surface area (Å²) in [4.78, 5) is 0. The molecule has 1 aromatic rings. The third-order valence-electron chi connectivity index (χ3n) is 2.08. The Balaban J connectivity index is 2.78. The fourth-order valence-electron chi connectivity index (χ4n) is 1.41. The summed E-state index contributed by atoms with van der Waals surface area (Å²) in [6, 6.07) is 8.61. The molecule has 0 aliphatic rings. The first-order chi connectivity index (χ1) is 6.25. The number of rotatable bonds is 4. The predicted molar refractivity (Wildman–Crippen MR) is 60.9 cm³/mol. The Morgan fingerprint density at radius 3 is 2.62 bits per heavy atom. The van der Waals surface area contributed by atoms with E-state index in [1.807, 2.05) is 0 Å². The maximum atomic E-state index is 3.28. The minimum Gasteiger partial charge on any atom is -0.260 e. The zero-order valence-corrected chi connectivity index (χ0v) is 9.32. The second-order valence-corrected chi connectivity index (χ2v) is 4.08. The molecule has 0 fully saturated rings. The van der Waals surface area contributed by atoms with E-state index in [0.29, 0.717) is 5.92 Å². The van der Waals surface area contributed by atoms with E-state index in [9.17, 15) is 0 Å². The molecule has 0 spiro atoms. The summed E-state index contributed by atoms with van der Waals surface area (Å²) >= 11 is 1.67. The molecule has 0 saturated carbocycles. The molecule has 1 nitrogen and oxygen atoms in total. The lowest BCUT2D eigenvalue weighted by atomic mass is 9.97. The lowest BCUT2D eigenvalue weighted by Crippen LogP contribution is -2.05. The van der Waals surface area contributed by atoms with Gasteiger partial charge in [0.05, 0.1) is 0 Å². The highest BCUT2D eigenvalue weighted by Crippen LogP contribution is 2.19. The lowest BCUT2D eigenvalue weighted by molar-refractivity contribution is 0.829. The van der Waals surface area contributed by atoms with E-state index in [2.05, 4.69) is 49.1 Å². The number of nitrogens with one attached hydrogen (secondary N) is 1. The molecular formula is C11H17NS. The fourth-order valence-corrected chi connectivity index (χ4v) is 1.71. The summed E-state index contributed by atoms with van der Waals surface area (Å²) in [5, 5.41) is 0. The van der Waals surface area contributed by atoms with Crippen molar-refractivity contribution in [2.45, 2.75) is 26.3 Å². The van der Waals surface area contributed by atoms with Crippen LogP contribution >= 0.6 is 11.9 Å². The lowest BCUT2D eigenvalue weighted by Gasteiger charge is -2.12. The van der Waals surface area contributed by atoms with Gasteiger partial charge in [0.2, 0.25) is 0 Å². The Kier molecular flexibility index (Phi) is 4.33. The van der Waals surface area contributed by atoms with Crippen molar-refractivity contribution in [3.8, 4) is 0 Å². The molecule has 0 heterocycles. The molecular weight excluding hydrogens is 178 g/mol. The largest absolute Gasteiger partial charge is 0.260 e. The molecule has 2 heteroatoms. The maximum absolute atomic E-state index is 3.28. The molecule has 1 rings (SSSR count). The van der Waals surface area contributed by atoms with Gasteiger partial charge in [-0.15, -0.1) is 0 Å². The van der Waals surface area contributed by atoms with Crippen LogP contribution in [0.2, 0.25) is 0 Å². The minimum absolute atomic E-state index is 0.611. The van der Waals surface area contributed by atoms with Crippen LogP contribution in [0.4, 0.5) is 0 Å². The van der Waals surface area contributed by atoms with Gasteiger partial charge < -0.3 is 0 Å². The van der Waals surface area contributed by atoms with Crippen molar-refractivity contribution in [2.75, 3.05) is 6.26 Å². The molecule has 0 saturated heterocycles. The first kappa shape index (κ1) is 10.6. The van der Waals surface area contributed by atoms with Crippen molar-refractivity contribution >= 4 is 11.9 Å². The summed E-state index contributed by atoms with van der Waals surface area (Å²) in [7, 11) is 0. The van der Waals surface area contributed by atoms with Crippen molar-refractivity contribution in [1.29, 1.82) is 0 Å². The first-order valence-electron chi connectivity index (χ1n) is 4.59. The van der Waals surface area contributed by atoms with E-state index >= 15 is 0 Å². The standard InChI is InChI=1S/C11H17NS/c1-9(2)11-7-5-4-6-10(11)8-12-13-3/h4-7,9,12H,8H2,1-3H3. The van der Waals surface area contributed by atoms with Crippen LogP contribution in [0.1, 0.15) is 30.9 Å². The highest BCUT2D eigenvalue weighted by Gasteiger charge is 2.04. The van der Waals surface area contributed by atoms with E-state index in [0.717, 1.165) is 6.54 Å². The second kappa shape index (κ2) is 5.30. The smallest absolute Gasteiger partial charge is 0.0312 e. The molecule has 0 amide bonds. The van der Waals surface area contributed by atoms with Crippen LogP contribution < -0.4 is 4.72 Å². The van der Waals surface area contributed by atoms with Crippen molar-refractivity contribution in [3.05, 3.63) is 35.4 Å². The monoisotopic (exact) mass is 195 g/mol. The number of hydrogen-bond acceptors (Lipinski definition) is 2. The minimum atomic E-state index is 0.611. The third-order valence-corrected chi connectivity index (χ3v) is 2.52. The normalized spacial score (nSPS) is 10.8. The Morgan fingerprint density at radius 2 is 2.00 bits per heavy atom. The Labute approximate surface area is 85.1 Å². The zero-order valence-electron chi connectivity index (χ0n) is 8.50. The molecule has 0 aliphatic heterocycles. The highest BCUT2D eigenvalue weighted by atomic mass is 32.2. The van der Waals surface area contributed by atoms with Gasteiger partial charge in [-0.1, -0.05) is 50.1 Å². The molecule has 1 N–H and O–H groups in total. The van der Waals surface area contributed by atoms with Crippen molar-refractivity contribution < 1.29 is 0 Å². The highest BCUT2D eigenvalue weighted by molar-refractivity contribution is 7.96. The Bertz CT molecular complexity index is 258. The van der Waals surface area contributed by atoms with Crippen LogP contribution in [0.5, 0.6) is 0 Å². The molecule has 0 aliphatic carbocycles. The Morgan fingerprint density at radius 1 is 1.31 bits per heavy atom. The summed E-state index contributed by atoms with van der Waals surface area (Å²) < 4.78 is 3.28. The van der Waals surface area contributed by atoms with Crippen LogP contribution in [-0.2, 0) is 6.54 Å². The molecule has 0 atom stereocenters. The van der Waals surface area contributed by atoms with Gasteiger partial charge in [-0.2, -0.15) is 0 Å². The average Bonchev–Trinajstić information content (AvgIpc) is 2.15. The van der Waals surface area contributed by atoms with Crippen LogP contribution in [0.15, 0.2) is 24.3 Å². The molecule has 0 radical (unpaired) electrons. The number of hydrogen-bond donors (Lipinski definition) is 1. The summed E-state index contributed by atoms with van der Waals surface area (Å²) in [5.41, 5.74) is 2.86. The summed E-state index contributed by atoms with van der Waals surface area (Å²) in [6.45, 7) is 5.42. The molecule has 0 bridgehead atoms. The molecule has 0 aromatic heterocycles. The third kappa shape index (κ3) is 3.05. The summed E-state index contributed by atoms with van der Waals surface area (Å²) in [6.07, 6.45) is 2.05. The van der Waals surface area contributed by atoms with Crippen LogP contribution in [0, 0.1) is 0 Å². The van der Waals surface area contributed by atoms with Crippen LogP contribution in [0.3, 0.4) is 0 Å². The number of benzene rings is 1. The van der Waals surface area contributed by atoms with Gasteiger partial charge in [-0.25, -0.2) is 0 Å². The molecule has 13 heavy (non-hydrogen) atoms. The van der Waals surface area contributed by atoms with E-state index < -0.39 is 0 Å². The van der Waals surface area contributed by atoms with Crippen LogP contribution in [-0.4, -0.2) is 6.26 Å². The van der Waals surface area contributed by atoms with E-state index in [1.54, 1.807) is 11.9 Å². The van der Waals surface area contributed by atoms with E-state index in [1.165, 1.54) is 11.1 Å². The molecule has 1 aromatic carbocycles. The van der Waals surface area contributed by atoms with Crippen LogP contribution in [0.25, 0.3) is 0 Å². The van der Waals surface area contributed by atoms with Gasteiger partial charge in [0.25, 0.3) is 0 Å². The fraction of sp³-hybridized carbons (Fsp3) is 0.455. The first-order valence-corrected chi connectivity index (χ1v) is 5.81. The van der Waals surface area contributed by atoms with Crippen molar-refractivity contribution in [3.63, 3.8) is 0 Å². The van der Waals surface area contributed by atoms with Crippen molar-refractivity contribution in [1.82, 2.24) is 4.72 Å². The van der Waals surface area contributed by atoms with Gasteiger partial charge in [-0.3, -0.25) is 4.72 Å². The molecule has 72 valence electrons. The van der Waals surface area contributed by atoms with Gasteiger partial charge in [0, 0.05) is 6.54 Å². The van der Waals surface area contributed by atoms with Gasteiger partial charge in [0.15, 0.2) is 0 Å². The maximum Gasteiger partial charge on any atom is 0.0312 e. The van der Waals surface area contributed by atoms with E-state index in [-0.39, 0.29) is 0 Å². The van der Waals surface area contributed by atoms with Gasteiger partial charge in [0.1, 0.15) is 0 Å². The van der Waals surface area contributed by atoms with E-state index in [4.69, 9.17) is 0 Å².